The summed E-state index contributed by atoms with van der Waals surface area (Å²) in [5.41, 5.74) is 5.54. The third-order valence-corrected chi connectivity index (χ3v) is 1.65. The Bertz CT molecular complexity index is 387. The Morgan fingerprint density at radius 3 is 2.73 bits per heavy atom. The number of primary amides is 1. The Morgan fingerprint density at radius 2 is 2.20 bits per heavy atom. The maximum atomic E-state index is 11.4. The van der Waals surface area contributed by atoms with Crippen LogP contribution in [0.25, 0.3) is 0 Å². The largest absolute Gasteiger partial charge is 0.368 e. The van der Waals surface area contributed by atoms with E-state index in [-0.39, 0.29) is 17.5 Å². The molecule has 0 spiro atoms. The molecule has 7 heteroatoms. The summed E-state index contributed by atoms with van der Waals surface area (Å²) in [4.78, 5) is 29.3. The molecule has 1 rings (SSSR count). The molecule has 15 heavy (non-hydrogen) atoms. The van der Waals surface area contributed by atoms with Gasteiger partial charge < -0.3 is 11.1 Å². The Morgan fingerprint density at radius 1 is 1.53 bits per heavy atom. The van der Waals surface area contributed by atoms with Crippen LogP contribution in [-0.2, 0) is 4.79 Å². The quantitative estimate of drug-likeness (QED) is 0.691. The van der Waals surface area contributed by atoms with Crippen LogP contribution < -0.4 is 11.1 Å². The van der Waals surface area contributed by atoms with Crippen molar-refractivity contribution in [2.45, 2.75) is 6.92 Å². The van der Waals surface area contributed by atoms with Crippen LogP contribution >= 0.6 is 11.6 Å². The first-order valence-corrected chi connectivity index (χ1v) is 4.44. The smallest absolute Gasteiger partial charge is 0.270 e. The number of aryl methyl sites for hydroxylation is 1. The summed E-state index contributed by atoms with van der Waals surface area (Å²) in [6, 6.07) is 1.46. The molecule has 0 aromatic carbocycles. The van der Waals surface area contributed by atoms with Crippen molar-refractivity contribution < 1.29 is 9.59 Å². The number of aromatic nitrogens is 2. The average Bonchev–Trinajstić information content (AvgIpc) is 2.12. The van der Waals surface area contributed by atoms with Gasteiger partial charge in [-0.25, -0.2) is 9.97 Å². The third-order valence-electron chi connectivity index (χ3n) is 1.48. The van der Waals surface area contributed by atoms with Crippen molar-refractivity contribution in [2.75, 3.05) is 6.54 Å². The number of nitrogens with zero attached hydrogens (tertiary/aromatic N) is 2. The van der Waals surface area contributed by atoms with Gasteiger partial charge in [0.15, 0.2) is 0 Å². The maximum absolute atomic E-state index is 11.4. The number of hydrogen-bond acceptors (Lipinski definition) is 4. The van der Waals surface area contributed by atoms with Gasteiger partial charge in [-0.3, -0.25) is 9.59 Å². The summed E-state index contributed by atoms with van der Waals surface area (Å²) >= 11 is 5.56. The lowest BCUT2D eigenvalue weighted by atomic mass is 10.3. The van der Waals surface area contributed by atoms with Crippen LogP contribution in [-0.4, -0.2) is 28.3 Å². The SMILES string of the molecule is Cc1cc(C(=O)NCC(N)=O)nc(Cl)n1. The number of carbonyl (C=O) groups is 2. The molecule has 0 bridgehead atoms. The summed E-state index contributed by atoms with van der Waals surface area (Å²) in [6.07, 6.45) is 0. The van der Waals surface area contributed by atoms with Gasteiger partial charge in [-0.1, -0.05) is 0 Å². The molecule has 0 saturated carbocycles. The van der Waals surface area contributed by atoms with Crippen molar-refractivity contribution in [3.05, 3.63) is 22.7 Å². The summed E-state index contributed by atoms with van der Waals surface area (Å²) in [6.45, 7) is 1.44. The number of carbonyl (C=O) groups excluding carboxylic acids is 2. The molecule has 80 valence electrons. The van der Waals surface area contributed by atoms with E-state index in [1.165, 1.54) is 6.07 Å². The highest BCUT2D eigenvalue weighted by Crippen LogP contribution is 2.04. The topological polar surface area (TPSA) is 98.0 Å². The van der Waals surface area contributed by atoms with E-state index >= 15 is 0 Å². The van der Waals surface area contributed by atoms with E-state index in [1.54, 1.807) is 6.92 Å². The van der Waals surface area contributed by atoms with Gasteiger partial charge >= 0.3 is 0 Å². The first-order valence-electron chi connectivity index (χ1n) is 4.06. The molecule has 1 aromatic rings. The number of amides is 2. The van der Waals surface area contributed by atoms with Crippen LogP contribution in [0.3, 0.4) is 0 Å². The van der Waals surface area contributed by atoms with Gasteiger partial charge in [0, 0.05) is 5.69 Å². The second-order valence-electron chi connectivity index (χ2n) is 2.81. The highest BCUT2D eigenvalue weighted by Gasteiger charge is 2.09. The predicted molar refractivity (Wildman–Crippen MR) is 53.3 cm³/mol. The van der Waals surface area contributed by atoms with Crippen molar-refractivity contribution in [1.82, 2.24) is 15.3 Å². The standard InChI is InChI=1S/C8H9ClN4O2/c1-4-2-5(13-8(9)12-4)7(15)11-3-6(10)14/h2H,3H2,1H3,(H2,10,14)(H,11,15). The first-order chi connectivity index (χ1) is 6.99. The van der Waals surface area contributed by atoms with Gasteiger partial charge in [0.1, 0.15) is 5.69 Å². The number of nitrogens with two attached hydrogens (primary N) is 1. The van der Waals surface area contributed by atoms with E-state index < -0.39 is 11.8 Å². The van der Waals surface area contributed by atoms with E-state index in [0.29, 0.717) is 5.69 Å². The minimum Gasteiger partial charge on any atom is -0.368 e. The molecular weight excluding hydrogens is 220 g/mol. The third kappa shape index (κ3) is 3.51. The Kier molecular flexibility index (Phi) is 3.56. The summed E-state index contributed by atoms with van der Waals surface area (Å²) in [5, 5.41) is 2.28. The molecule has 0 aliphatic rings. The van der Waals surface area contributed by atoms with Gasteiger partial charge in [-0.15, -0.1) is 0 Å². The van der Waals surface area contributed by atoms with Crippen molar-refractivity contribution in [2.24, 2.45) is 5.73 Å². The number of hydrogen-bond donors (Lipinski definition) is 2. The number of nitrogens with one attached hydrogen (secondary N) is 1. The second kappa shape index (κ2) is 4.70. The zero-order valence-corrected chi connectivity index (χ0v) is 8.71. The zero-order chi connectivity index (χ0) is 11.4. The molecule has 0 saturated heterocycles. The van der Waals surface area contributed by atoms with Gasteiger partial charge in [-0.05, 0) is 24.6 Å². The predicted octanol–water partition coefficient (Wildman–Crippen LogP) is -0.346. The molecule has 2 amide bonds. The Hall–Kier alpha value is -1.69. The van der Waals surface area contributed by atoms with E-state index in [4.69, 9.17) is 17.3 Å². The van der Waals surface area contributed by atoms with Gasteiger partial charge in [-0.2, -0.15) is 0 Å². The van der Waals surface area contributed by atoms with Crippen LogP contribution in [0, 0.1) is 6.92 Å². The molecule has 0 fully saturated rings. The van der Waals surface area contributed by atoms with E-state index in [2.05, 4.69) is 15.3 Å². The molecule has 6 nitrogen and oxygen atoms in total. The summed E-state index contributed by atoms with van der Waals surface area (Å²) in [7, 11) is 0. The lowest BCUT2D eigenvalue weighted by Crippen LogP contribution is -2.33. The molecule has 0 aliphatic heterocycles. The highest BCUT2D eigenvalue weighted by molar-refractivity contribution is 6.28. The van der Waals surface area contributed by atoms with Crippen LogP contribution in [0.4, 0.5) is 0 Å². The summed E-state index contributed by atoms with van der Waals surface area (Å²) in [5.74, 6) is -1.14. The fourth-order valence-electron chi connectivity index (χ4n) is 0.907. The van der Waals surface area contributed by atoms with Crippen molar-refractivity contribution in [1.29, 1.82) is 0 Å². The normalized spacial score (nSPS) is 9.73. The molecule has 1 heterocycles. The highest BCUT2D eigenvalue weighted by atomic mass is 35.5. The molecule has 0 radical (unpaired) electrons. The van der Waals surface area contributed by atoms with Crippen molar-refractivity contribution in [3.8, 4) is 0 Å². The fraction of sp³-hybridized carbons (Fsp3) is 0.250. The van der Waals surface area contributed by atoms with Crippen LogP contribution in [0.1, 0.15) is 16.2 Å². The Labute approximate surface area is 90.8 Å². The van der Waals surface area contributed by atoms with Crippen LogP contribution in [0.15, 0.2) is 6.07 Å². The monoisotopic (exact) mass is 228 g/mol. The lowest BCUT2D eigenvalue weighted by molar-refractivity contribution is -0.117. The maximum Gasteiger partial charge on any atom is 0.270 e. The second-order valence-corrected chi connectivity index (χ2v) is 3.15. The molecular formula is C8H9ClN4O2. The van der Waals surface area contributed by atoms with Gasteiger partial charge in [0.2, 0.25) is 11.2 Å². The summed E-state index contributed by atoms with van der Waals surface area (Å²) < 4.78 is 0. The van der Waals surface area contributed by atoms with Crippen LogP contribution in [0.2, 0.25) is 5.28 Å². The number of rotatable bonds is 3. The Balaban J connectivity index is 2.77. The first kappa shape index (κ1) is 11.4. The molecule has 0 atom stereocenters. The van der Waals surface area contributed by atoms with Crippen molar-refractivity contribution >= 4 is 23.4 Å². The van der Waals surface area contributed by atoms with Crippen molar-refractivity contribution in [3.63, 3.8) is 0 Å². The molecule has 1 aromatic heterocycles. The van der Waals surface area contributed by atoms with E-state index in [9.17, 15) is 9.59 Å². The molecule has 3 N–H and O–H groups in total. The van der Waals surface area contributed by atoms with E-state index in [0.717, 1.165) is 0 Å². The minimum absolute atomic E-state index is 0.0146. The number of halogens is 1. The van der Waals surface area contributed by atoms with Gasteiger partial charge in [0.05, 0.1) is 6.54 Å². The van der Waals surface area contributed by atoms with Crippen LogP contribution in [0.5, 0.6) is 0 Å². The fourth-order valence-corrected chi connectivity index (χ4v) is 1.13. The zero-order valence-electron chi connectivity index (χ0n) is 7.95. The lowest BCUT2D eigenvalue weighted by Gasteiger charge is -2.02. The molecule has 0 aliphatic carbocycles. The molecule has 0 unspecified atom stereocenters. The average molecular weight is 229 g/mol. The van der Waals surface area contributed by atoms with E-state index in [1.807, 2.05) is 0 Å². The van der Waals surface area contributed by atoms with Gasteiger partial charge in [0.25, 0.3) is 5.91 Å². The minimum atomic E-state index is -0.625.